The fraction of sp³-hybridized carbons (Fsp3) is 0.625. The summed E-state index contributed by atoms with van der Waals surface area (Å²) in [5, 5.41) is 2.01. The summed E-state index contributed by atoms with van der Waals surface area (Å²) in [4.78, 5) is 32.2. The van der Waals surface area contributed by atoms with E-state index in [0.29, 0.717) is 12.8 Å². The molecule has 0 bridgehead atoms. The molecule has 0 saturated carbocycles. The molecule has 2 amide bonds. The number of carbonyl (C=O) groups is 2. The molecule has 120 valence electrons. The Morgan fingerprint density at radius 1 is 1.23 bits per heavy atom. The van der Waals surface area contributed by atoms with Crippen LogP contribution in [0.3, 0.4) is 0 Å². The zero-order valence-corrected chi connectivity index (χ0v) is 14.0. The van der Waals surface area contributed by atoms with E-state index in [9.17, 15) is 9.59 Å². The largest absolute Gasteiger partial charge is 0.340 e. The molecule has 22 heavy (non-hydrogen) atoms. The predicted molar refractivity (Wildman–Crippen MR) is 86.6 cm³/mol. The van der Waals surface area contributed by atoms with Gasteiger partial charge in [0.1, 0.15) is 0 Å². The maximum absolute atomic E-state index is 13.0. The predicted octanol–water partition coefficient (Wildman–Crippen LogP) is 1.43. The highest BCUT2D eigenvalue weighted by Crippen LogP contribution is 2.38. The summed E-state index contributed by atoms with van der Waals surface area (Å²) in [6.07, 6.45) is 1.14. The van der Waals surface area contributed by atoms with Crippen molar-refractivity contribution in [2.24, 2.45) is 5.92 Å². The average Bonchev–Trinajstić information content (AvgIpc) is 3.04. The second-order valence-electron chi connectivity index (χ2n) is 6.24. The molecule has 2 aliphatic heterocycles. The quantitative estimate of drug-likeness (QED) is 0.828. The van der Waals surface area contributed by atoms with Gasteiger partial charge in [-0.15, -0.1) is 11.3 Å². The first-order chi connectivity index (χ1) is 10.6. The van der Waals surface area contributed by atoms with Gasteiger partial charge >= 0.3 is 0 Å². The first kappa shape index (κ1) is 15.5. The van der Waals surface area contributed by atoms with Crippen molar-refractivity contribution in [1.82, 2.24) is 14.7 Å². The van der Waals surface area contributed by atoms with Gasteiger partial charge in [0.15, 0.2) is 0 Å². The third-order valence-corrected chi connectivity index (χ3v) is 5.77. The number of likely N-dealkylation sites (N-methyl/N-ethyl adjacent to an activating group) is 1. The van der Waals surface area contributed by atoms with E-state index < -0.39 is 0 Å². The van der Waals surface area contributed by atoms with Crippen LogP contribution in [0.4, 0.5) is 0 Å². The van der Waals surface area contributed by atoms with Crippen LogP contribution in [0.2, 0.25) is 0 Å². The molecule has 0 unspecified atom stereocenters. The average molecular weight is 321 g/mol. The maximum atomic E-state index is 13.0. The number of nitrogens with zero attached hydrogens (tertiary/aromatic N) is 3. The summed E-state index contributed by atoms with van der Waals surface area (Å²) in [5.74, 6) is 0.247. The zero-order valence-electron chi connectivity index (χ0n) is 13.2. The van der Waals surface area contributed by atoms with E-state index in [4.69, 9.17) is 0 Å². The smallest absolute Gasteiger partial charge is 0.228 e. The van der Waals surface area contributed by atoms with Crippen molar-refractivity contribution in [3.05, 3.63) is 22.4 Å². The molecule has 2 aliphatic rings. The molecule has 2 fully saturated rings. The Bertz CT molecular complexity index is 538. The standard InChI is InChI=1S/C16H23N3O2S/c1-17-7-9-19(10-8-17)16(21)12-5-6-14(20)18(2)15(12)13-4-3-11-22-13/h3-4,11-12,15H,5-10H2,1-2H3/t12-,15-/m0/s1. The van der Waals surface area contributed by atoms with Gasteiger partial charge in [0.05, 0.1) is 12.0 Å². The van der Waals surface area contributed by atoms with Crippen molar-refractivity contribution in [3.8, 4) is 0 Å². The van der Waals surface area contributed by atoms with Crippen LogP contribution in [0.1, 0.15) is 23.8 Å². The van der Waals surface area contributed by atoms with E-state index in [1.54, 1.807) is 16.2 Å². The van der Waals surface area contributed by atoms with Crippen LogP contribution in [-0.2, 0) is 9.59 Å². The van der Waals surface area contributed by atoms with Gasteiger partial charge < -0.3 is 14.7 Å². The lowest BCUT2D eigenvalue weighted by molar-refractivity contribution is -0.147. The van der Waals surface area contributed by atoms with Crippen LogP contribution >= 0.6 is 11.3 Å². The summed E-state index contributed by atoms with van der Waals surface area (Å²) in [7, 11) is 3.92. The van der Waals surface area contributed by atoms with Gasteiger partial charge in [-0.3, -0.25) is 9.59 Å². The second-order valence-corrected chi connectivity index (χ2v) is 7.22. The van der Waals surface area contributed by atoms with Crippen LogP contribution < -0.4 is 0 Å². The van der Waals surface area contributed by atoms with E-state index >= 15 is 0 Å². The molecule has 0 aromatic carbocycles. The Hall–Kier alpha value is -1.40. The summed E-state index contributed by atoms with van der Waals surface area (Å²) in [6, 6.07) is 3.92. The Morgan fingerprint density at radius 2 is 1.95 bits per heavy atom. The van der Waals surface area contributed by atoms with Gasteiger partial charge in [0.2, 0.25) is 11.8 Å². The summed E-state index contributed by atoms with van der Waals surface area (Å²) in [6.45, 7) is 3.44. The molecule has 2 atom stereocenters. The summed E-state index contributed by atoms with van der Waals surface area (Å²) in [5.41, 5.74) is 0. The van der Waals surface area contributed by atoms with Gasteiger partial charge in [0.25, 0.3) is 0 Å². The lowest BCUT2D eigenvalue weighted by atomic mass is 9.86. The summed E-state index contributed by atoms with van der Waals surface area (Å²) < 4.78 is 0. The lowest BCUT2D eigenvalue weighted by Crippen LogP contribution is -2.52. The molecule has 0 spiro atoms. The maximum Gasteiger partial charge on any atom is 0.228 e. The Morgan fingerprint density at radius 3 is 2.59 bits per heavy atom. The minimum atomic E-state index is -0.107. The van der Waals surface area contributed by atoms with E-state index in [1.165, 1.54) is 0 Å². The van der Waals surface area contributed by atoms with Crippen molar-refractivity contribution in [3.63, 3.8) is 0 Å². The molecule has 1 aromatic rings. The molecule has 5 nitrogen and oxygen atoms in total. The van der Waals surface area contributed by atoms with Gasteiger partial charge in [0, 0.05) is 44.5 Å². The number of hydrogen-bond acceptors (Lipinski definition) is 4. The fourth-order valence-corrected chi connectivity index (χ4v) is 4.34. The van der Waals surface area contributed by atoms with Crippen molar-refractivity contribution in [2.45, 2.75) is 18.9 Å². The van der Waals surface area contributed by atoms with Crippen molar-refractivity contribution < 1.29 is 9.59 Å². The van der Waals surface area contributed by atoms with E-state index in [2.05, 4.69) is 11.9 Å². The molecule has 0 N–H and O–H groups in total. The highest BCUT2D eigenvalue weighted by atomic mass is 32.1. The number of rotatable bonds is 2. The van der Waals surface area contributed by atoms with Crippen LogP contribution in [0.15, 0.2) is 17.5 Å². The molecule has 1 aromatic heterocycles. The number of piperidine rings is 1. The minimum Gasteiger partial charge on any atom is -0.340 e. The van der Waals surface area contributed by atoms with Crippen LogP contribution in [-0.4, -0.2) is 66.8 Å². The molecule has 3 heterocycles. The summed E-state index contributed by atoms with van der Waals surface area (Å²) >= 11 is 1.63. The molecular formula is C16H23N3O2S. The zero-order chi connectivity index (χ0) is 15.7. The topological polar surface area (TPSA) is 43.9 Å². The lowest BCUT2D eigenvalue weighted by Gasteiger charge is -2.41. The molecule has 6 heteroatoms. The van der Waals surface area contributed by atoms with Crippen LogP contribution in [0.5, 0.6) is 0 Å². The monoisotopic (exact) mass is 321 g/mol. The minimum absolute atomic E-state index is 0.103. The third kappa shape index (κ3) is 2.90. The molecular weight excluding hydrogens is 298 g/mol. The van der Waals surface area contributed by atoms with Gasteiger partial charge in [-0.1, -0.05) is 6.07 Å². The first-order valence-electron chi connectivity index (χ1n) is 7.84. The second kappa shape index (κ2) is 6.38. The van der Waals surface area contributed by atoms with Gasteiger partial charge in [-0.2, -0.15) is 0 Å². The highest BCUT2D eigenvalue weighted by Gasteiger charge is 2.41. The fourth-order valence-electron chi connectivity index (χ4n) is 3.41. The van der Waals surface area contributed by atoms with Gasteiger partial charge in [-0.05, 0) is 24.9 Å². The Labute approximate surface area is 135 Å². The van der Waals surface area contributed by atoms with Gasteiger partial charge in [-0.25, -0.2) is 0 Å². The number of carbonyl (C=O) groups excluding carboxylic acids is 2. The number of piperazine rings is 1. The number of thiophene rings is 1. The van der Waals surface area contributed by atoms with E-state index in [0.717, 1.165) is 31.1 Å². The number of likely N-dealkylation sites (tertiary alicyclic amines) is 1. The SMILES string of the molecule is CN1CCN(C(=O)[C@H]2CCC(=O)N(C)[C@@H]2c2cccs2)CC1. The molecule has 3 rings (SSSR count). The number of hydrogen-bond donors (Lipinski definition) is 0. The van der Waals surface area contributed by atoms with Crippen molar-refractivity contribution >= 4 is 23.2 Å². The Kier molecular flexibility index (Phi) is 4.49. The highest BCUT2D eigenvalue weighted by molar-refractivity contribution is 7.10. The third-order valence-electron chi connectivity index (χ3n) is 4.83. The van der Waals surface area contributed by atoms with Crippen molar-refractivity contribution in [1.29, 1.82) is 0 Å². The Balaban J connectivity index is 1.80. The molecule has 0 radical (unpaired) electrons. The molecule has 0 aliphatic carbocycles. The normalized spacial score (nSPS) is 27.3. The van der Waals surface area contributed by atoms with Crippen LogP contribution in [0.25, 0.3) is 0 Å². The first-order valence-corrected chi connectivity index (χ1v) is 8.72. The number of amides is 2. The van der Waals surface area contributed by atoms with E-state index in [1.807, 2.05) is 29.5 Å². The molecule has 2 saturated heterocycles. The van der Waals surface area contributed by atoms with Crippen molar-refractivity contribution in [2.75, 3.05) is 40.3 Å². The van der Waals surface area contributed by atoms with Crippen LogP contribution in [0, 0.1) is 5.92 Å². The van der Waals surface area contributed by atoms with E-state index in [-0.39, 0.29) is 23.8 Å².